The normalized spacial score (nSPS) is 24.5. The van der Waals surface area contributed by atoms with Crippen LogP contribution in [0.25, 0.3) is 0 Å². The van der Waals surface area contributed by atoms with Crippen LogP contribution in [0.15, 0.2) is 24.3 Å². The van der Waals surface area contributed by atoms with Gasteiger partial charge in [0.25, 0.3) is 0 Å². The molecular weight excluding hydrogens is 414 g/mol. The van der Waals surface area contributed by atoms with E-state index in [-0.39, 0.29) is 36.7 Å². The number of sulfonamides is 1. The van der Waals surface area contributed by atoms with Crippen LogP contribution in [0.1, 0.15) is 31.2 Å². The maximum absolute atomic E-state index is 12.8. The third kappa shape index (κ3) is 5.71. The second kappa shape index (κ2) is 9.45. The maximum Gasteiger partial charge on any atom is 0.227 e. The molecule has 2 fully saturated rings. The summed E-state index contributed by atoms with van der Waals surface area (Å²) in [6.45, 7) is 1.23. The van der Waals surface area contributed by atoms with Gasteiger partial charge in [-0.2, -0.15) is 4.31 Å². The molecule has 2 atom stereocenters. The van der Waals surface area contributed by atoms with Crippen molar-refractivity contribution in [2.45, 2.75) is 38.1 Å². The number of fused-ring (bicyclic) bond motifs is 1. The third-order valence-electron chi connectivity index (χ3n) is 5.75. The molecule has 1 saturated heterocycles. The predicted molar refractivity (Wildman–Crippen MR) is 112 cm³/mol. The summed E-state index contributed by atoms with van der Waals surface area (Å²) in [5, 5.41) is 3.51. The minimum atomic E-state index is -3.50. The van der Waals surface area contributed by atoms with Gasteiger partial charge in [-0.05, 0) is 30.5 Å². The van der Waals surface area contributed by atoms with E-state index in [1.807, 2.05) is 0 Å². The van der Waals surface area contributed by atoms with Crippen molar-refractivity contribution in [1.82, 2.24) is 14.5 Å². The summed E-state index contributed by atoms with van der Waals surface area (Å²) in [6, 6.07) is 6.74. The average molecular weight is 442 g/mol. The molecule has 1 aliphatic carbocycles. The van der Waals surface area contributed by atoms with Gasteiger partial charge in [0.05, 0.1) is 18.6 Å². The Hall–Kier alpha value is -1.64. The number of nitrogens with one attached hydrogen (secondary N) is 1. The number of benzene rings is 1. The molecule has 1 aromatic rings. The molecule has 29 heavy (non-hydrogen) atoms. The smallest absolute Gasteiger partial charge is 0.227 e. The number of carbonyl (C=O) groups excluding carboxylic acids is 2. The van der Waals surface area contributed by atoms with Gasteiger partial charge in [-0.1, -0.05) is 36.6 Å². The van der Waals surface area contributed by atoms with Gasteiger partial charge in [-0.15, -0.1) is 0 Å². The average Bonchev–Trinajstić information content (AvgIpc) is 2.67. The summed E-state index contributed by atoms with van der Waals surface area (Å²) in [4.78, 5) is 27.2. The minimum absolute atomic E-state index is 0.101. The van der Waals surface area contributed by atoms with Crippen LogP contribution in [0.3, 0.4) is 0 Å². The first-order valence-electron chi connectivity index (χ1n) is 10.0. The number of hydrogen-bond acceptors (Lipinski definition) is 4. The van der Waals surface area contributed by atoms with Crippen LogP contribution in [-0.2, 0) is 26.0 Å². The lowest BCUT2D eigenvalue weighted by Gasteiger charge is -2.39. The monoisotopic (exact) mass is 441 g/mol. The summed E-state index contributed by atoms with van der Waals surface area (Å²) < 4.78 is 26.4. The number of hydrogen-bond donors (Lipinski definition) is 1. The minimum Gasteiger partial charge on any atom is -0.354 e. The van der Waals surface area contributed by atoms with Crippen molar-refractivity contribution in [3.8, 4) is 0 Å². The summed E-state index contributed by atoms with van der Waals surface area (Å²) in [5.41, 5.74) is 0.841. The van der Waals surface area contributed by atoms with E-state index in [9.17, 15) is 18.0 Å². The quantitative estimate of drug-likeness (QED) is 0.772. The van der Waals surface area contributed by atoms with Crippen molar-refractivity contribution in [3.05, 3.63) is 34.9 Å². The largest absolute Gasteiger partial charge is 0.354 e. The van der Waals surface area contributed by atoms with Gasteiger partial charge in [0, 0.05) is 37.2 Å². The van der Waals surface area contributed by atoms with Gasteiger partial charge >= 0.3 is 0 Å². The fraction of sp³-hybridized carbons (Fsp3) is 0.600. The van der Waals surface area contributed by atoms with E-state index < -0.39 is 10.0 Å². The molecule has 0 radical (unpaired) electrons. The molecule has 1 aliphatic heterocycles. The molecule has 1 heterocycles. The van der Waals surface area contributed by atoms with Crippen LogP contribution < -0.4 is 5.32 Å². The van der Waals surface area contributed by atoms with Crippen molar-refractivity contribution in [3.63, 3.8) is 0 Å². The second-order valence-corrected chi connectivity index (χ2v) is 10.2. The Balaban J connectivity index is 1.77. The lowest BCUT2D eigenvalue weighted by atomic mass is 9.83. The number of nitrogens with zero attached hydrogens (tertiary/aromatic N) is 2. The fourth-order valence-electron chi connectivity index (χ4n) is 4.25. The standard InChI is InChI=1S/C20H28ClN3O4S/c1-29(27,28)24-13-12-23(19(25)14-15-6-8-16(21)9-7-15)11-10-22-20(26)17-4-2-3-5-18(17)24/h6-9,17-18H,2-5,10-14H2,1H3,(H,22,26). The van der Waals surface area contributed by atoms with Gasteiger partial charge in [-0.25, -0.2) is 8.42 Å². The highest BCUT2D eigenvalue weighted by Gasteiger charge is 2.39. The highest BCUT2D eigenvalue weighted by Crippen LogP contribution is 2.30. The number of rotatable bonds is 3. The summed E-state index contributed by atoms with van der Waals surface area (Å²) in [7, 11) is -3.50. The van der Waals surface area contributed by atoms with E-state index in [1.165, 1.54) is 10.6 Å². The van der Waals surface area contributed by atoms with E-state index >= 15 is 0 Å². The molecule has 9 heteroatoms. The molecule has 7 nitrogen and oxygen atoms in total. The van der Waals surface area contributed by atoms with Crippen LogP contribution in [0.5, 0.6) is 0 Å². The lowest BCUT2D eigenvalue weighted by Crippen LogP contribution is -2.55. The Morgan fingerprint density at radius 1 is 1.14 bits per heavy atom. The fourth-order valence-corrected chi connectivity index (χ4v) is 5.54. The molecule has 0 spiro atoms. The third-order valence-corrected chi connectivity index (χ3v) is 7.31. The molecule has 1 N–H and O–H groups in total. The number of halogens is 1. The first kappa shape index (κ1) is 22.1. The lowest BCUT2D eigenvalue weighted by molar-refractivity contribution is -0.133. The van der Waals surface area contributed by atoms with E-state index in [4.69, 9.17) is 11.6 Å². The Labute approximate surface area is 177 Å². The highest BCUT2D eigenvalue weighted by molar-refractivity contribution is 7.88. The zero-order chi connectivity index (χ0) is 21.0. The molecule has 0 aromatic heterocycles. The van der Waals surface area contributed by atoms with Gasteiger partial charge in [-0.3, -0.25) is 9.59 Å². The Morgan fingerprint density at radius 2 is 1.83 bits per heavy atom. The SMILES string of the molecule is CS(=O)(=O)N1CCN(C(=O)Cc2ccc(Cl)cc2)CCNC(=O)C2CCCCC21. The first-order valence-corrected chi connectivity index (χ1v) is 12.2. The Kier molecular flexibility index (Phi) is 7.19. The summed E-state index contributed by atoms with van der Waals surface area (Å²) in [6.07, 6.45) is 4.58. The highest BCUT2D eigenvalue weighted by atomic mass is 35.5. The molecule has 1 aromatic carbocycles. The van der Waals surface area contributed by atoms with Gasteiger partial charge in [0.15, 0.2) is 0 Å². The molecule has 2 aliphatic rings. The van der Waals surface area contributed by atoms with Crippen LogP contribution in [0.4, 0.5) is 0 Å². The summed E-state index contributed by atoms with van der Waals surface area (Å²) in [5.74, 6) is -0.541. The number of amides is 2. The van der Waals surface area contributed by atoms with Crippen molar-refractivity contribution < 1.29 is 18.0 Å². The molecule has 3 rings (SSSR count). The molecule has 1 saturated carbocycles. The Morgan fingerprint density at radius 3 is 2.52 bits per heavy atom. The van der Waals surface area contributed by atoms with E-state index in [0.29, 0.717) is 37.5 Å². The summed E-state index contributed by atoms with van der Waals surface area (Å²) >= 11 is 5.90. The Bertz CT molecular complexity index is 844. The second-order valence-electron chi connectivity index (χ2n) is 7.81. The van der Waals surface area contributed by atoms with Crippen molar-refractivity contribution in [1.29, 1.82) is 0 Å². The van der Waals surface area contributed by atoms with Crippen LogP contribution in [-0.4, -0.2) is 67.9 Å². The van der Waals surface area contributed by atoms with Crippen molar-refractivity contribution >= 4 is 33.4 Å². The zero-order valence-electron chi connectivity index (χ0n) is 16.6. The predicted octanol–water partition coefficient (Wildman–Crippen LogP) is 1.66. The molecular formula is C20H28ClN3O4S. The van der Waals surface area contributed by atoms with Crippen LogP contribution in [0.2, 0.25) is 5.02 Å². The topological polar surface area (TPSA) is 86.8 Å². The van der Waals surface area contributed by atoms with Gasteiger partial charge in [0.2, 0.25) is 21.8 Å². The van der Waals surface area contributed by atoms with E-state index in [0.717, 1.165) is 18.4 Å². The van der Waals surface area contributed by atoms with Crippen molar-refractivity contribution in [2.24, 2.45) is 5.92 Å². The molecule has 160 valence electrons. The molecule has 2 amide bonds. The van der Waals surface area contributed by atoms with E-state index in [1.54, 1.807) is 29.2 Å². The zero-order valence-corrected chi connectivity index (χ0v) is 18.2. The maximum atomic E-state index is 12.8. The van der Waals surface area contributed by atoms with Gasteiger partial charge < -0.3 is 10.2 Å². The van der Waals surface area contributed by atoms with Crippen LogP contribution in [0, 0.1) is 5.92 Å². The van der Waals surface area contributed by atoms with Crippen molar-refractivity contribution in [2.75, 3.05) is 32.4 Å². The first-order chi connectivity index (χ1) is 13.8. The molecule has 0 bridgehead atoms. The van der Waals surface area contributed by atoms with Crippen LogP contribution >= 0.6 is 11.6 Å². The van der Waals surface area contributed by atoms with Gasteiger partial charge in [0.1, 0.15) is 0 Å². The van der Waals surface area contributed by atoms with E-state index in [2.05, 4.69) is 5.32 Å². The molecule has 2 unspecified atom stereocenters. The number of carbonyl (C=O) groups is 2.